The largest absolute Gasteiger partial charge is 0.467 e. The Kier molecular flexibility index (Phi) is 6.76. The smallest absolute Gasteiger partial charge is 0.413 e. The summed E-state index contributed by atoms with van der Waals surface area (Å²) in [6.07, 6.45) is -0.652. The normalized spacial score (nSPS) is 11.4. The maximum Gasteiger partial charge on any atom is 0.413 e. The van der Waals surface area contributed by atoms with Crippen LogP contribution < -0.4 is 10.1 Å². The Morgan fingerprint density at radius 3 is 2.33 bits per heavy atom. The van der Waals surface area contributed by atoms with Gasteiger partial charge in [-0.2, -0.15) is 11.3 Å². The second-order valence-electron chi connectivity index (χ2n) is 6.27. The summed E-state index contributed by atoms with van der Waals surface area (Å²) in [5, 5.41) is 17.2. The third-order valence-corrected chi connectivity index (χ3v) is 4.97. The Bertz CT molecular complexity index is 1020. The third-order valence-electron chi connectivity index (χ3n) is 4.28. The first-order valence-corrected chi connectivity index (χ1v) is 9.82. The summed E-state index contributed by atoms with van der Waals surface area (Å²) >= 11 is 1.61. The number of nitrogens with zero attached hydrogens (tertiary/aromatic N) is 1. The molecule has 9 heteroatoms. The van der Waals surface area contributed by atoms with E-state index < -0.39 is 23.0 Å². The number of hydrogen-bond donors (Lipinski definition) is 1. The van der Waals surface area contributed by atoms with Crippen LogP contribution in [0.15, 0.2) is 65.4 Å². The molecule has 1 atom stereocenters. The quantitative estimate of drug-likeness (QED) is 0.345. The van der Waals surface area contributed by atoms with Gasteiger partial charge in [-0.25, -0.2) is 9.59 Å². The average Bonchev–Trinajstić information content (AvgIpc) is 3.28. The molecule has 1 amide bonds. The molecule has 0 aliphatic carbocycles. The summed E-state index contributed by atoms with van der Waals surface area (Å²) in [5.74, 6) is -0.501. The molecule has 0 saturated heterocycles. The van der Waals surface area contributed by atoms with Crippen molar-refractivity contribution in [3.8, 4) is 16.9 Å². The Hall–Kier alpha value is -3.72. The molecule has 3 rings (SSSR count). The topological polar surface area (TPSA) is 108 Å². The van der Waals surface area contributed by atoms with Crippen LogP contribution in [0.4, 0.5) is 10.5 Å². The number of non-ortho nitro benzene ring substituents is 1. The number of ether oxygens (including phenoxy) is 2. The summed E-state index contributed by atoms with van der Waals surface area (Å²) in [7, 11) is 1.23. The third kappa shape index (κ3) is 5.42. The fraction of sp³-hybridized carbons (Fsp3) is 0.143. The van der Waals surface area contributed by atoms with Crippen LogP contribution in [0.25, 0.3) is 11.1 Å². The van der Waals surface area contributed by atoms with Gasteiger partial charge in [0.1, 0.15) is 11.8 Å². The number of nitrogens with one attached hydrogen (secondary N) is 1. The molecule has 0 radical (unpaired) electrons. The molecule has 2 aromatic carbocycles. The molecular formula is C21H18N2O6S. The lowest BCUT2D eigenvalue weighted by Gasteiger charge is -2.16. The fourth-order valence-electron chi connectivity index (χ4n) is 2.75. The van der Waals surface area contributed by atoms with Crippen molar-refractivity contribution in [1.82, 2.24) is 5.32 Å². The predicted octanol–water partition coefficient (Wildman–Crippen LogP) is 4.20. The molecule has 1 aromatic heterocycles. The molecule has 0 aliphatic rings. The highest BCUT2D eigenvalue weighted by molar-refractivity contribution is 7.08. The SMILES string of the molecule is COC(=O)[C@H](Cc1ccc(-c2ccsc2)cc1)NC(=O)Oc1ccc([N+](=O)[O-])cc1. The summed E-state index contributed by atoms with van der Waals surface area (Å²) < 4.78 is 9.88. The number of carbonyl (C=O) groups is 2. The number of hydrogen-bond acceptors (Lipinski definition) is 7. The number of nitro groups is 1. The van der Waals surface area contributed by atoms with Crippen molar-refractivity contribution in [2.75, 3.05) is 7.11 Å². The first kappa shape index (κ1) is 21.0. The van der Waals surface area contributed by atoms with Crippen LogP contribution in [0.1, 0.15) is 5.56 Å². The van der Waals surface area contributed by atoms with Gasteiger partial charge in [0.15, 0.2) is 0 Å². The van der Waals surface area contributed by atoms with E-state index in [0.29, 0.717) is 0 Å². The van der Waals surface area contributed by atoms with Crippen molar-refractivity contribution < 1.29 is 24.0 Å². The number of rotatable bonds is 7. The van der Waals surface area contributed by atoms with E-state index in [4.69, 9.17) is 9.47 Å². The highest BCUT2D eigenvalue weighted by Gasteiger charge is 2.23. The predicted molar refractivity (Wildman–Crippen MR) is 112 cm³/mol. The van der Waals surface area contributed by atoms with E-state index in [9.17, 15) is 19.7 Å². The number of amides is 1. The highest BCUT2D eigenvalue weighted by Crippen LogP contribution is 2.23. The molecule has 154 valence electrons. The van der Waals surface area contributed by atoms with Gasteiger partial charge in [0, 0.05) is 18.6 Å². The molecular weight excluding hydrogens is 408 g/mol. The summed E-state index contributed by atoms with van der Waals surface area (Å²) in [6, 6.07) is 13.8. The van der Waals surface area contributed by atoms with E-state index >= 15 is 0 Å². The molecule has 30 heavy (non-hydrogen) atoms. The van der Waals surface area contributed by atoms with Gasteiger partial charge in [0.2, 0.25) is 0 Å². The van der Waals surface area contributed by atoms with Crippen LogP contribution in [0.5, 0.6) is 5.75 Å². The standard InChI is InChI=1S/C21H18N2O6S/c1-28-20(24)19(12-14-2-4-15(5-3-14)16-10-11-30-13-16)22-21(25)29-18-8-6-17(7-9-18)23(26)27/h2-11,13,19H,12H2,1H3,(H,22,25)/t19-/m0/s1. The molecule has 1 N–H and O–H groups in total. The molecule has 0 unspecified atom stereocenters. The maximum absolute atomic E-state index is 12.2. The summed E-state index contributed by atoms with van der Waals surface area (Å²) in [4.78, 5) is 34.4. The first-order chi connectivity index (χ1) is 14.5. The first-order valence-electron chi connectivity index (χ1n) is 8.88. The number of thiophene rings is 1. The van der Waals surface area contributed by atoms with E-state index in [1.165, 1.54) is 31.4 Å². The molecule has 0 spiro atoms. The van der Waals surface area contributed by atoms with Crippen molar-refractivity contribution in [2.24, 2.45) is 0 Å². The Labute approximate surface area is 176 Å². The van der Waals surface area contributed by atoms with Crippen LogP contribution in [-0.2, 0) is 16.0 Å². The molecule has 0 fully saturated rings. The fourth-order valence-corrected chi connectivity index (χ4v) is 3.41. The van der Waals surface area contributed by atoms with Gasteiger partial charge in [-0.15, -0.1) is 0 Å². The van der Waals surface area contributed by atoms with Crippen LogP contribution in [-0.4, -0.2) is 30.1 Å². The zero-order valence-corrected chi connectivity index (χ0v) is 16.8. The molecule has 8 nitrogen and oxygen atoms in total. The van der Waals surface area contributed by atoms with Crippen molar-refractivity contribution in [1.29, 1.82) is 0 Å². The highest BCUT2D eigenvalue weighted by atomic mass is 32.1. The molecule has 0 saturated carbocycles. The average molecular weight is 426 g/mol. The van der Waals surface area contributed by atoms with E-state index in [1.807, 2.05) is 41.1 Å². The Morgan fingerprint density at radius 1 is 1.07 bits per heavy atom. The zero-order valence-electron chi connectivity index (χ0n) is 15.9. The lowest BCUT2D eigenvalue weighted by atomic mass is 10.0. The molecule has 3 aromatic rings. The summed E-state index contributed by atoms with van der Waals surface area (Å²) in [5.41, 5.74) is 2.88. The van der Waals surface area contributed by atoms with Crippen LogP contribution in [0, 0.1) is 10.1 Å². The number of benzene rings is 2. The van der Waals surface area contributed by atoms with Crippen LogP contribution in [0.2, 0.25) is 0 Å². The number of esters is 1. The van der Waals surface area contributed by atoms with E-state index in [1.54, 1.807) is 11.3 Å². The number of nitro benzene ring substituents is 1. The lowest BCUT2D eigenvalue weighted by Crippen LogP contribution is -2.44. The van der Waals surface area contributed by atoms with Crippen molar-refractivity contribution in [3.05, 3.63) is 81.0 Å². The summed E-state index contributed by atoms with van der Waals surface area (Å²) in [6.45, 7) is 0. The number of carbonyl (C=O) groups excluding carboxylic acids is 2. The Balaban J connectivity index is 1.64. The monoisotopic (exact) mass is 426 g/mol. The van der Waals surface area contributed by atoms with Crippen molar-refractivity contribution >= 4 is 29.1 Å². The second-order valence-corrected chi connectivity index (χ2v) is 7.05. The zero-order chi connectivity index (χ0) is 21.5. The minimum atomic E-state index is -0.951. The van der Waals surface area contributed by atoms with Gasteiger partial charge in [0.25, 0.3) is 5.69 Å². The molecule has 1 heterocycles. The minimum Gasteiger partial charge on any atom is -0.467 e. The second kappa shape index (κ2) is 9.66. The van der Waals surface area contributed by atoms with Gasteiger partial charge in [-0.1, -0.05) is 24.3 Å². The molecule has 0 bridgehead atoms. The van der Waals surface area contributed by atoms with Gasteiger partial charge < -0.3 is 14.8 Å². The van der Waals surface area contributed by atoms with Crippen LogP contribution >= 0.6 is 11.3 Å². The Morgan fingerprint density at radius 2 is 1.77 bits per heavy atom. The van der Waals surface area contributed by atoms with Crippen molar-refractivity contribution in [3.63, 3.8) is 0 Å². The van der Waals surface area contributed by atoms with Gasteiger partial charge >= 0.3 is 12.1 Å². The lowest BCUT2D eigenvalue weighted by molar-refractivity contribution is -0.384. The van der Waals surface area contributed by atoms with Crippen LogP contribution in [0.3, 0.4) is 0 Å². The van der Waals surface area contributed by atoms with Gasteiger partial charge in [0.05, 0.1) is 12.0 Å². The van der Waals surface area contributed by atoms with Gasteiger partial charge in [-0.05, 0) is 45.6 Å². The maximum atomic E-state index is 12.2. The number of methoxy groups -OCH3 is 1. The van der Waals surface area contributed by atoms with Gasteiger partial charge in [-0.3, -0.25) is 10.1 Å². The van der Waals surface area contributed by atoms with E-state index in [-0.39, 0.29) is 17.9 Å². The minimum absolute atomic E-state index is 0.113. The van der Waals surface area contributed by atoms with Crippen molar-refractivity contribution in [2.45, 2.75) is 12.5 Å². The van der Waals surface area contributed by atoms with E-state index in [2.05, 4.69) is 5.32 Å². The van der Waals surface area contributed by atoms with E-state index in [0.717, 1.165) is 16.7 Å². The molecule has 0 aliphatic heterocycles.